The van der Waals surface area contributed by atoms with Crippen molar-refractivity contribution in [2.75, 3.05) is 33.9 Å². The molecule has 1 heterocycles. The Morgan fingerprint density at radius 1 is 0.970 bits per heavy atom. The summed E-state index contributed by atoms with van der Waals surface area (Å²) in [4.78, 5) is 32.0. The topological polar surface area (TPSA) is 71.5 Å². The van der Waals surface area contributed by atoms with Gasteiger partial charge in [0.1, 0.15) is 0 Å². The van der Waals surface area contributed by atoms with Gasteiger partial charge in [0.15, 0.2) is 0 Å². The van der Waals surface area contributed by atoms with E-state index in [1.807, 2.05) is 54.6 Å². The lowest BCUT2D eigenvalue weighted by Crippen LogP contribution is -2.39. The maximum absolute atomic E-state index is 13.4. The lowest BCUT2D eigenvalue weighted by atomic mass is 9.99. The van der Waals surface area contributed by atoms with Crippen LogP contribution in [0.3, 0.4) is 0 Å². The van der Waals surface area contributed by atoms with Gasteiger partial charge >= 0.3 is 0 Å². The largest absolute Gasteiger partial charge is 0.385 e. The number of nitrogens with zero attached hydrogens (tertiary/aromatic N) is 2. The van der Waals surface area contributed by atoms with Crippen LogP contribution in [0.25, 0.3) is 32.9 Å². The average Bonchev–Trinajstić information content (AvgIpc) is 2.85. The highest BCUT2D eigenvalue weighted by atomic mass is 16.5. The van der Waals surface area contributed by atoms with Crippen molar-refractivity contribution in [3.05, 3.63) is 78.4 Å². The maximum Gasteiger partial charge on any atom is 0.254 e. The van der Waals surface area contributed by atoms with Crippen molar-refractivity contribution in [1.82, 2.24) is 15.2 Å². The molecule has 168 valence electrons. The molecule has 0 radical (unpaired) electrons. The highest BCUT2D eigenvalue weighted by Crippen LogP contribution is 2.30. The Morgan fingerprint density at radius 3 is 2.52 bits per heavy atom. The lowest BCUT2D eigenvalue weighted by Gasteiger charge is -2.19. The molecule has 0 atom stereocenters. The molecule has 0 bridgehead atoms. The standard InChI is InChI=1S/C27H27N3O3/c1-30(18-26(31)28-15-8-16-33-2)27(32)23-17-25(29-24-14-6-5-12-22(23)24)21-13-7-10-19-9-3-4-11-20(19)21/h3-7,9-14,17H,8,15-16,18H2,1-2H3,(H,28,31). The molecule has 0 saturated carbocycles. The Morgan fingerprint density at radius 2 is 1.70 bits per heavy atom. The summed E-state index contributed by atoms with van der Waals surface area (Å²) in [5, 5.41) is 5.77. The first-order valence-electron chi connectivity index (χ1n) is 11.0. The number of pyridine rings is 1. The Hall–Kier alpha value is -3.77. The maximum atomic E-state index is 13.4. The molecule has 0 aliphatic rings. The average molecular weight is 442 g/mol. The van der Waals surface area contributed by atoms with Gasteiger partial charge in [-0.1, -0.05) is 60.7 Å². The molecule has 0 spiro atoms. The third-order valence-electron chi connectivity index (χ3n) is 5.59. The normalized spacial score (nSPS) is 11.0. The van der Waals surface area contributed by atoms with E-state index in [9.17, 15) is 9.59 Å². The van der Waals surface area contributed by atoms with E-state index in [1.54, 1.807) is 14.2 Å². The van der Waals surface area contributed by atoms with E-state index < -0.39 is 0 Å². The molecule has 0 unspecified atom stereocenters. The first-order valence-corrected chi connectivity index (χ1v) is 11.0. The second-order valence-corrected chi connectivity index (χ2v) is 7.96. The van der Waals surface area contributed by atoms with Gasteiger partial charge in [-0.05, 0) is 29.3 Å². The van der Waals surface area contributed by atoms with Crippen LogP contribution in [0.4, 0.5) is 0 Å². The summed E-state index contributed by atoms with van der Waals surface area (Å²) in [5.74, 6) is -0.420. The van der Waals surface area contributed by atoms with Crippen molar-refractivity contribution in [3.63, 3.8) is 0 Å². The molecule has 0 fully saturated rings. The molecule has 4 rings (SSSR count). The number of para-hydroxylation sites is 1. The van der Waals surface area contributed by atoms with Gasteiger partial charge in [0.2, 0.25) is 5.91 Å². The highest BCUT2D eigenvalue weighted by Gasteiger charge is 2.19. The minimum absolute atomic E-state index is 0.0218. The minimum atomic E-state index is -0.220. The van der Waals surface area contributed by atoms with E-state index in [0.717, 1.165) is 39.4 Å². The SMILES string of the molecule is COCCCNC(=O)CN(C)C(=O)c1cc(-c2cccc3ccccc23)nc2ccccc12. The number of rotatable bonds is 8. The molecule has 0 aliphatic carbocycles. The predicted octanol–water partition coefficient (Wildman–Crippen LogP) is 4.28. The number of aromatic nitrogens is 1. The molecular weight excluding hydrogens is 414 g/mol. The van der Waals surface area contributed by atoms with Crippen LogP contribution in [0.2, 0.25) is 0 Å². The minimum Gasteiger partial charge on any atom is -0.385 e. The van der Waals surface area contributed by atoms with Crippen molar-refractivity contribution >= 4 is 33.5 Å². The summed E-state index contributed by atoms with van der Waals surface area (Å²) in [6.45, 7) is 1.07. The first-order chi connectivity index (χ1) is 16.1. The van der Waals surface area contributed by atoms with Crippen LogP contribution in [-0.4, -0.2) is 55.6 Å². The first kappa shape index (κ1) is 22.4. The van der Waals surface area contributed by atoms with Gasteiger partial charge in [-0.3, -0.25) is 9.59 Å². The quantitative estimate of drug-likeness (QED) is 0.414. The number of fused-ring (bicyclic) bond motifs is 2. The summed E-state index contributed by atoms with van der Waals surface area (Å²) in [6.07, 6.45) is 0.725. The van der Waals surface area contributed by atoms with Gasteiger partial charge in [-0.25, -0.2) is 4.98 Å². The van der Waals surface area contributed by atoms with E-state index in [0.29, 0.717) is 18.7 Å². The van der Waals surface area contributed by atoms with Crippen LogP contribution >= 0.6 is 0 Å². The van der Waals surface area contributed by atoms with Crippen LogP contribution in [0, 0.1) is 0 Å². The molecule has 1 aromatic heterocycles. The van der Waals surface area contributed by atoms with Crippen molar-refractivity contribution in [1.29, 1.82) is 0 Å². The van der Waals surface area contributed by atoms with E-state index in [2.05, 4.69) is 23.5 Å². The summed E-state index contributed by atoms with van der Waals surface area (Å²) in [6, 6.07) is 23.6. The van der Waals surface area contributed by atoms with Gasteiger partial charge in [0.25, 0.3) is 5.91 Å². The van der Waals surface area contributed by atoms with Crippen LogP contribution in [0.15, 0.2) is 72.8 Å². The zero-order valence-corrected chi connectivity index (χ0v) is 18.9. The molecule has 6 heteroatoms. The van der Waals surface area contributed by atoms with Gasteiger partial charge < -0.3 is 15.0 Å². The van der Waals surface area contributed by atoms with E-state index in [1.165, 1.54) is 4.90 Å². The fraction of sp³-hybridized carbons (Fsp3) is 0.222. The third-order valence-corrected chi connectivity index (χ3v) is 5.59. The van der Waals surface area contributed by atoms with Crippen LogP contribution in [0.1, 0.15) is 16.8 Å². The third kappa shape index (κ3) is 5.02. The highest BCUT2D eigenvalue weighted by molar-refractivity contribution is 6.08. The number of hydrogen-bond donors (Lipinski definition) is 1. The molecule has 2 amide bonds. The summed E-state index contributed by atoms with van der Waals surface area (Å²) < 4.78 is 4.99. The molecule has 0 aliphatic heterocycles. The fourth-order valence-corrected chi connectivity index (χ4v) is 3.93. The van der Waals surface area contributed by atoms with Crippen LogP contribution < -0.4 is 5.32 Å². The number of hydrogen-bond acceptors (Lipinski definition) is 4. The number of likely N-dealkylation sites (N-methyl/N-ethyl adjacent to an activating group) is 1. The Bertz CT molecular complexity index is 1300. The number of benzene rings is 3. The smallest absolute Gasteiger partial charge is 0.254 e. The number of carbonyl (C=O) groups is 2. The van der Waals surface area contributed by atoms with Gasteiger partial charge in [0.05, 0.1) is 23.3 Å². The lowest BCUT2D eigenvalue weighted by molar-refractivity contribution is -0.121. The van der Waals surface area contributed by atoms with Crippen LogP contribution in [0.5, 0.6) is 0 Å². The number of amides is 2. The summed E-state index contributed by atoms with van der Waals surface area (Å²) in [7, 11) is 3.27. The molecule has 33 heavy (non-hydrogen) atoms. The van der Waals surface area contributed by atoms with E-state index in [-0.39, 0.29) is 18.4 Å². The van der Waals surface area contributed by atoms with E-state index in [4.69, 9.17) is 9.72 Å². The van der Waals surface area contributed by atoms with Gasteiger partial charge in [-0.15, -0.1) is 0 Å². The Balaban J connectivity index is 1.67. The zero-order valence-electron chi connectivity index (χ0n) is 18.9. The Labute approximate surface area is 193 Å². The molecule has 6 nitrogen and oxygen atoms in total. The van der Waals surface area contributed by atoms with Crippen molar-refractivity contribution in [2.45, 2.75) is 6.42 Å². The fourth-order valence-electron chi connectivity index (χ4n) is 3.93. The summed E-state index contributed by atoms with van der Waals surface area (Å²) in [5.41, 5.74) is 2.96. The van der Waals surface area contributed by atoms with Gasteiger partial charge in [-0.2, -0.15) is 0 Å². The number of ether oxygens (including phenoxy) is 1. The van der Waals surface area contributed by atoms with Crippen LogP contribution in [-0.2, 0) is 9.53 Å². The monoisotopic (exact) mass is 441 g/mol. The Kier molecular flexibility index (Phi) is 6.95. The molecular formula is C27H27N3O3. The van der Waals surface area contributed by atoms with Gasteiger partial charge in [0, 0.05) is 38.3 Å². The van der Waals surface area contributed by atoms with Crippen molar-refractivity contribution < 1.29 is 14.3 Å². The molecule has 3 aromatic carbocycles. The molecule has 1 N–H and O–H groups in total. The van der Waals surface area contributed by atoms with Crippen molar-refractivity contribution in [2.24, 2.45) is 0 Å². The number of nitrogens with one attached hydrogen (secondary N) is 1. The molecule has 4 aromatic rings. The number of carbonyl (C=O) groups excluding carboxylic acids is 2. The predicted molar refractivity (Wildman–Crippen MR) is 131 cm³/mol. The second kappa shape index (κ2) is 10.2. The number of methoxy groups -OCH3 is 1. The molecule has 0 saturated heterocycles. The van der Waals surface area contributed by atoms with Crippen molar-refractivity contribution in [3.8, 4) is 11.3 Å². The second-order valence-electron chi connectivity index (χ2n) is 7.96. The van der Waals surface area contributed by atoms with E-state index >= 15 is 0 Å². The zero-order chi connectivity index (χ0) is 23.2. The summed E-state index contributed by atoms with van der Waals surface area (Å²) >= 11 is 0.